The summed E-state index contributed by atoms with van der Waals surface area (Å²) in [5, 5.41) is 0. The van der Waals surface area contributed by atoms with Crippen LogP contribution in [0.25, 0.3) is 0 Å². The molecule has 2 nitrogen and oxygen atoms in total. The predicted octanol–water partition coefficient (Wildman–Crippen LogP) is 3.41. The Bertz CT molecular complexity index is 170. The van der Waals surface area contributed by atoms with Crippen molar-refractivity contribution in [3.8, 4) is 0 Å². The molecule has 0 bridgehead atoms. The molecule has 102 valence electrons. The van der Waals surface area contributed by atoms with E-state index in [9.17, 15) is 0 Å². The van der Waals surface area contributed by atoms with Crippen LogP contribution in [0.5, 0.6) is 0 Å². The minimum Gasteiger partial charge on any atom is -0.329 e. The van der Waals surface area contributed by atoms with Gasteiger partial charge in [0.05, 0.1) is 0 Å². The van der Waals surface area contributed by atoms with Gasteiger partial charge in [0.1, 0.15) is 0 Å². The van der Waals surface area contributed by atoms with E-state index in [1.807, 2.05) is 0 Å². The van der Waals surface area contributed by atoms with E-state index in [1.165, 1.54) is 64.5 Å². The Morgan fingerprint density at radius 2 is 1.65 bits per heavy atom. The second kappa shape index (κ2) is 8.93. The van der Waals surface area contributed by atoms with Crippen molar-refractivity contribution < 1.29 is 0 Å². The maximum Gasteiger partial charge on any atom is 0.0221 e. The second-order valence-electron chi connectivity index (χ2n) is 5.67. The summed E-state index contributed by atoms with van der Waals surface area (Å²) < 4.78 is 0. The van der Waals surface area contributed by atoms with Gasteiger partial charge in [0.2, 0.25) is 0 Å². The van der Waals surface area contributed by atoms with Crippen LogP contribution < -0.4 is 5.73 Å². The number of hydrogen-bond acceptors (Lipinski definition) is 2. The smallest absolute Gasteiger partial charge is 0.0221 e. The summed E-state index contributed by atoms with van der Waals surface area (Å²) in [6.07, 6.45) is 11.1. The fraction of sp³-hybridized carbons (Fsp3) is 1.00. The lowest BCUT2D eigenvalue weighted by atomic mass is 9.84. The summed E-state index contributed by atoms with van der Waals surface area (Å²) in [5.41, 5.74) is 6.01. The molecular formula is C15H32N2. The van der Waals surface area contributed by atoms with Crippen LogP contribution in [0.3, 0.4) is 0 Å². The molecule has 0 aliphatic heterocycles. The van der Waals surface area contributed by atoms with E-state index in [-0.39, 0.29) is 0 Å². The predicted molar refractivity (Wildman–Crippen MR) is 76.2 cm³/mol. The van der Waals surface area contributed by atoms with E-state index in [2.05, 4.69) is 18.7 Å². The molecule has 1 unspecified atom stereocenters. The zero-order valence-electron chi connectivity index (χ0n) is 12.0. The Hall–Kier alpha value is -0.0800. The molecule has 1 rings (SSSR count). The Morgan fingerprint density at radius 1 is 1.06 bits per heavy atom. The fourth-order valence-corrected chi connectivity index (χ4v) is 3.25. The SMILES string of the molecule is CCCN(CCC)C(CN)CC1CCCCC1. The third-order valence-corrected chi connectivity index (χ3v) is 4.14. The Balaban J connectivity index is 2.42. The summed E-state index contributed by atoms with van der Waals surface area (Å²) in [6.45, 7) is 7.84. The van der Waals surface area contributed by atoms with Crippen molar-refractivity contribution in [1.29, 1.82) is 0 Å². The molecular weight excluding hydrogens is 208 g/mol. The lowest BCUT2D eigenvalue weighted by Gasteiger charge is -2.34. The normalized spacial score (nSPS) is 19.8. The zero-order valence-corrected chi connectivity index (χ0v) is 12.0. The highest BCUT2D eigenvalue weighted by molar-refractivity contribution is 4.78. The van der Waals surface area contributed by atoms with E-state index in [0.29, 0.717) is 6.04 Å². The summed E-state index contributed by atoms with van der Waals surface area (Å²) in [6, 6.07) is 0.637. The van der Waals surface area contributed by atoms with E-state index < -0.39 is 0 Å². The van der Waals surface area contributed by atoms with Gasteiger partial charge in [-0.3, -0.25) is 4.90 Å². The summed E-state index contributed by atoms with van der Waals surface area (Å²) >= 11 is 0. The van der Waals surface area contributed by atoms with E-state index >= 15 is 0 Å². The average molecular weight is 240 g/mol. The van der Waals surface area contributed by atoms with Crippen LogP contribution in [-0.2, 0) is 0 Å². The molecule has 0 aromatic heterocycles. The summed E-state index contributed by atoms with van der Waals surface area (Å²) in [7, 11) is 0. The lowest BCUT2D eigenvalue weighted by molar-refractivity contribution is 0.159. The van der Waals surface area contributed by atoms with Crippen molar-refractivity contribution in [2.75, 3.05) is 19.6 Å². The van der Waals surface area contributed by atoms with Gasteiger partial charge >= 0.3 is 0 Å². The molecule has 0 spiro atoms. The lowest BCUT2D eigenvalue weighted by Crippen LogP contribution is -2.43. The number of hydrogen-bond donors (Lipinski definition) is 1. The highest BCUT2D eigenvalue weighted by Crippen LogP contribution is 2.28. The van der Waals surface area contributed by atoms with Crippen molar-refractivity contribution in [1.82, 2.24) is 4.90 Å². The van der Waals surface area contributed by atoms with Crippen LogP contribution in [0.2, 0.25) is 0 Å². The van der Waals surface area contributed by atoms with E-state index in [0.717, 1.165) is 12.5 Å². The molecule has 0 radical (unpaired) electrons. The average Bonchev–Trinajstić information content (AvgIpc) is 2.37. The van der Waals surface area contributed by atoms with Crippen molar-refractivity contribution >= 4 is 0 Å². The molecule has 0 aromatic carbocycles. The van der Waals surface area contributed by atoms with Gasteiger partial charge in [-0.2, -0.15) is 0 Å². The standard InChI is InChI=1S/C15H32N2/c1-3-10-17(11-4-2)15(13-16)12-14-8-6-5-7-9-14/h14-15H,3-13,16H2,1-2H3. The molecule has 1 aliphatic rings. The third kappa shape index (κ3) is 5.39. The van der Waals surface area contributed by atoms with Crippen molar-refractivity contribution in [3.05, 3.63) is 0 Å². The van der Waals surface area contributed by atoms with Gasteiger partial charge in [0, 0.05) is 12.6 Å². The second-order valence-corrected chi connectivity index (χ2v) is 5.67. The molecule has 1 atom stereocenters. The molecule has 0 heterocycles. The monoisotopic (exact) mass is 240 g/mol. The first-order valence-corrected chi connectivity index (χ1v) is 7.75. The minimum absolute atomic E-state index is 0.637. The van der Waals surface area contributed by atoms with Crippen LogP contribution in [0.4, 0.5) is 0 Å². The summed E-state index contributed by atoms with van der Waals surface area (Å²) in [5.74, 6) is 0.952. The Labute approximate surface area is 108 Å². The van der Waals surface area contributed by atoms with E-state index in [4.69, 9.17) is 5.73 Å². The Kier molecular flexibility index (Phi) is 7.87. The number of nitrogens with two attached hydrogens (primary N) is 1. The van der Waals surface area contributed by atoms with Gasteiger partial charge in [-0.15, -0.1) is 0 Å². The molecule has 0 saturated heterocycles. The van der Waals surface area contributed by atoms with Crippen molar-refractivity contribution in [3.63, 3.8) is 0 Å². The largest absolute Gasteiger partial charge is 0.329 e. The quantitative estimate of drug-likeness (QED) is 0.704. The van der Waals surface area contributed by atoms with Gasteiger partial charge < -0.3 is 5.73 Å². The highest BCUT2D eigenvalue weighted by atomic mass is 15.2. The van der Waals surface area contributed by atoms with Gasteiger partial charge in [-0.25, -0.2) is 0 Å². The maximum absolute atomic E-state index is 6.01. The fourth-order valence-electron chi connectivity index (χ4n) is 3.25. The zero-order chi connectivity index (χ0) is 12.5. The minimum atomic E-state index is 0.637. The molecule has 1 fully saturated rings. The molecule has 2 N–H and O–H groups in total. The van der Waals surface area contributed by atoms with Crippen LogP contribution in [0.15, 0.2) is 0 Å². The molecule has 17 heavy (non-hydrogen) atoms. The van der Waals surface area contributed by atoms with Crippen molar-refractivity contribution in [2.45, 2.75) is 71.3 Å². The number of rotatable bonds is 8. The van der Waals surface area contributed by atoms with Gasteiger partial charge in [0.15, 0.2) is 0 Å². The van der Waals surface area contributed by atoms with Gasteiger partial charge in [-0.05, 0) is 38.3 Å². The first-order valence-electron chi connectivity index (χ1n) is 7.75. The van der Waals surface area contributed by atoms with Crippen LogP contribution in [0, 0.1) is 5.92 Å². The maximum atomic E-state index is 6.01. The molecule has 0 aromatic rings. The highest BCUT2D eigenvalue weighted by Gasteiger charge is 2.22. The molecule has 0 amide bonds. The molecule has 2 heteroatoms. The van der Waals surface area contributed by atoms with Gasteiger partial charge in [-0.1, -0.05) is 46.0 Å². The van der Waals surface area contributed by atoms with Crippen molar-refractivity contribution in [2.24, 2.45) is 11.7 Å². The van der Waals surface area contributed by atoms with Gasteiger partial charge in [0.25, 0.3) is 0 Å². The topological polar surface area (TPSA) is 29.3 Å². The molecule has 1 aliphatic carbocycles. The Morgan fingerprint density at radius 3 is 2.12 bits per heavy atom. The third-order valence-electron chi connectivity index (χ3n) is 4.14. The van der Waals surface area contributed by atoms with Crippen LogP contribution in [0.1, 0.15) is 65.2 Å². The van der Waals surface area contributed by atoms with E-state index in [1.54, 1.807) is 0 Å². The van der Waals surface area contributed by atoms with Crippen LogP contribution >= 0.6 is 0 Å². The van der Waals surface area contributed by atoms with Crippen LogP contribution in [-0.4, -0.2) is 30.6 Å². The first kappa shape index (κ1) is 15.0. The summed E-state index contributed by atoms with van der Waals surface area (Å²) in [4.78, 5) is 2.63. The number of nitrogens with zero attached hydrogens (tertiary/aromatic N) is 1. The molecule has 1 saturated carbocycles. The first-order chi connectivity index (χ1) is 8.31.